The van der Waals surface area contributed by atoms with E-state index in [0.717, 1.165) is 18.8 Å². The normalized spacial score (nSPS) is 15.9. The van der Waals surface area contributed by atoms with E-state index in [1.54, 1.807) is 0 Å². The molecule has 1 aromatic carbocycles. The number of nitrogens with zero attached hydrogens (tertiary/aromatic N) is 1. The quantitative estimate of drug-likeness (QED) is 0.797. The van der Waals surface area contributed by atoms with Crippen molar-refractivity contribution in [1.82, 2.24) is 0 Å². The van der Waals surface area contributed by atoms with Gasteiger partial charge in [0.15, 0.2) is 0 Å². The lowest BCUT2D eigenvalue weighted by Gasteiger charge is -2.19. The molecular formula is C13H18ClNO. The summed E-state index contributed by atoms with van der Waals surface area (Å²) in [5.41, 5.74) is 1.21. The van der Waals surface area contributed by atoms with Crippen LogP contribution in [0.3, 0.4) is 0 Å². The molecule has 0 aliphatic carbocycles. The van der Waals surface area contributed by atoms with Gasteiger partial charge >= 0.3 is 0 Å². The first kappa shape index (κ1) is 11.6. The second-order valence-electron chi connectivity index (χ2n) is 4.48. The van der Waals surface area contributed by atoms with E-state index in [1.165, 1.54) is 18.5 Å². The zero-order valence-electron chi connectivity index (χ0n) is 9.87. The lowest BCUT2D eigenvalue weighted by Crippen LogP contribution is -2.17. The Bertz CT molecular complexity index is 359. The first-order valence-electron chi connectivity index (χ1n) is 5.88. The van der Waals surface area contributed by atoms with Gasteiger partial charge < -0.3 is 9.64 Å². The van der Waals surface area contributed by atoms with E-state index in [9.17, 15) is 0 Å². The van der Waals surface area contributed by atoms with Crippen LogP contribution in [0.5, 0.6) is 5.75 Å². The third kappa shape index (κ3) is 2.62. The maximum absolute atomic E-state index is 6.20. The standard InChI is InChI=1S/C13H18ClNO/c1-10(2)16-13-6-5-11(9-12(13)14)15-7-3-4-8-15/h5-6,9-10H,3-4,7-8H2,1-2H3. The van der Waals surface area contributed by atoms with Gasteiger partial charge in [-0.25, -0.2) is 0 Å². The maximum atomic E-state index is 6.20. The van der Waals surface area contributed by atoms with E-state index < -0.39 is 0 Å². The van der Waals surface area contributed by atoms with Crippen LogP contribution in [0.1, 0.15) is 26.7 Å². The van der Waals surface area contributed by atoms with E-state index in [2.05, 4.69) is 11.0 Å². The molecule has 1 saturated heterocycles. The third-order valence-electron chi connectivity index (χ3n) is 2.75. The van der Waals surface area contributed by atoms with Crippen LogP contribution in [0.2, 0.25) is 5.02 Å². The largest absolute Gasteiger partial charge is 0.489 e. The fourth-order valence-corrected chi connectivity index (χ4v) is 2.23. The van der Waals surface area contributed by atoms with Gasteiger partial charge in [-0.15, -0.1) is 0 Å². The van der Waals surface area contributed by atoms with Gasteiger partial charge in [-0.1, -0.05) is 11.6 Å². The number of anilines is 1. The number of hydrogen-bond donors (Lipinski definition) is 0. The highest BCUT2D eigenvalue weighted by molar-refractivity contribution is 6.32. The summed E-state index contributed by atoms with van der Waals surface area (Å²) in [4.78, 5) is 2.37. The van der Waals surface area contributed by atoms with Crippen LogP contribution >= 0.6 is 11.6 Å². The average molecular weight is 240 g/mol. The van der Waals surface area contributed by atoms with Gasteiger partial charge in [0.05, 0.1) is 11.1 Å². The molecule has 0 N–H and O–H groups in total. The smallest absolute Gasteiger partial charge is 0.138 e. The molecule has 2 rings (SSSR count). The van der Waals surface area contributed by atoms with Gasteiger partial charge in [0.2, 0.25) is 0 Å². The number of ether oxygens (including phenoxy) is 1. The summed E-state index contributed by atoms with van der Waals surface area (Å²) in [5, 5.41) is 0.707. The molecule has 1 aliphatic rings. The predicted molar refractivity (Wildman–Crippen MR) is 68.7 cm³/mol. The summed E-state index contributed by atoms with van der Waals surface area (Å²) < 4.78 is 5.61. The SMILES string of the molecule is CC(C)Oc1ccc(N2CCCC2)cc1Cl. The van der Waals surface area contributed by atoms with Gasteiger partial charge in [0.25, 0.3) is 0 Å². The van der Waals surface area contributed by atoms with Gasteiger partial charge in [-0.2, -0.15) is 0 Å². The second-order valence-corrected chi connectivity index (χ2v) is 4.88. The molecule has 1 aliphatic heterocycles. The van der Waals surface area contributed by atoms with Gasteiger partial charge in [0, 0.05) is 18.8 Å². The molecule has 16 heavy (non-hydrogen) atoms. The molecule has 0 spiro atoms. The molecule has 88 valence electrons. The van der Waals surface area contributed by atoms with Gasteiger partial charge in [-0.05, 0) is 44.9 Å². The minimum Gasteiger partial charge on any atom is -0.489 e. The molecule has 1 fully saturated rings. The summed E-state index contributed by atoms with van der Waals surface area (Å²) in [5.74, 6) is 0.777. The van der Waals surface area contributed by atoms with E-state index in [-0.39, 0.29) is 6.10 Å². The molecule has 0 unspecified atom stereocenters. The van der Waals surface area contributed by atoms with Crippen LogP contribution < -0.4 is 9.64 Å². The minimum absolute atomic E-state index is 0.162. The van der Waals surface area contributed by atoms with Crippen molar-refractivity contribution in [3.63, 3.8) is 0 Å². The molecule has 0 aromatic heterocycles. The monoisotopic (exact) mass is 239 g/mol. The number of halogens is 1. The van der Waals surface area contributed by atoms with Crippen molar-refractivity contribution < 1.29 is 4.74 Å². The zero-order valence-corrected chi connectivity index (χ0v) is 10.6. The number of benzene rings is 1. The highest BCUT2D eigenvalue weighted by Gasteiger charge is 2.14. The molecule has 0 bridgehead atoms. The van der Waals surface area contributed by atoms with Crippen molar-refractivity contribution in [1.29, 1.82) is 0 Å². The highest BCUT2D eigenvalue weighted by Crippen LogP contribution is 2.31. The van der Waals surface area contributed by atoms with Crippen molar-refractivity contribution >= 4 is 17.3 Å². The van der Waals surface area contributed by atoms with Crippen molar-refractivity contribution in [2.75, 3.05) is 18.0 Å². The first-order valence-corrected chi connectivity index (χ1v) is 6.26. The lowest BCUT2D eigenvalue weighted by atomic mass is 10.2. The van der Waals surface area contributed by atoms with Crippen LogP contribution in [0.25, 0.3) is 0 Å². The molecule has 0 radical (unpaired) electrons. The van der Waals surface area contributed by atoms with E-state index in [0.29, 0.717) is 5.02 Å². The van der Waals surface area contributed by atoms with E-state index in [1.807, 2.05) is 26.0 Å². The Morgan fingerprint density at radius 1 is 1.25 bits per heavy atom. The highest BCUT2D eigenvalue weighted by atomic mass is 35.5. The van der Waals surface area contributed by atoms with Crippen molar-refractivity contribution in [2.45, 2.75) is 32.8 Å². The number of hydrogen-bond acceptors (Lipinski definition) is 2. The molecule has 1 aromatic rings. The summed E-state index contributed by atoms with van der Waals surface area (Å²) >= 11 is 6.20. The summed E-state index contributed by atoms with van der Waals surface area (Å²) in [6.07, 6.45) is 2.72. The molecule has 0 amide bonds. The Kier molecular flexibility index (Phi) is 3.59. The van der Waals surface area contributed by atoms with E-state index >= 15 is 0 Å². The Hall–Kier alpha value is -0.890. The first-order chi connectivity index (χ1) is 7.66. The number of rotatable bonds is 3. The van der Waals surface area contributed by atoms with Gasteiger partial charge in [-0.3, -0.25) is 0 Å². The summed E-state index contributed by atoms with van der Waals surface area (Å²) in [7, 11) is 0. The Morgan fingerprint density at radius 3 is 2.50 bits per heavy atom. The Labute approximate surface area is 102 Å². The molecule has 2 nitrogen and oxygen atoms in total. The summed E-state index contributed by atoms with van der Waals surface area (Å²) in [6, 6.07) is 6.06. The Balaban J connectivity index is 2.15. The second kappa shape index (κ2) is 4.96. The van der Waals surface area contributed by atoms with Crippen molar-refractivity contribution in [3.05, 3.63) is 23.2 Å². The van der Waals surface area contributed by atoms with Crippen LogP contribution in [0, 0.1) is 0 Å². The van der Waals surface area contributed by atoms with Crippen LogP contribution in [-0.2, 0) is 0 Å². The van der Waals surface area contributed by atoms with E-state index in [4.69, 9.17) is 16.3 Å². The molecule has 3 heteroatoms. The zero-order chi connectivity index (χ0) is 11.5. The maximum Gasteiger partial charge on any atom is 0.138 e. The fourth-order valence-electron chi connectivity index (χ4n) is 2.01. The molecule has 0 saturated carbocycles. The Morgan fingerprint density at radius 2 is 1.94 bits per heavy atom. The molecule has 1 heterocycles. The minimum atomic E-state index is 0.162. The topological polar surface area (TPSA) is 12.5 Å². The third-order valence-corrected chi connectivity index (χ3v) is 3.04. The van der Waals surface area contributed by atoms with Gasteiger partial charge in [0.1, 0.15) is 5.75 Å². The van der Waals surface area contributed by atoms with Crippen LogP contribution in [0.4, 0.5) is 5.69 Å². The molecular weight excluding hydrogens is 222 g/mol. The average Bonchev–Trinajstić information content (AvgIpc) is 2.73. The lowest BCUT2D eigenvalue weighted by molar-refractivity contribution is 0.242. The predicted octanol–water partition coefficient (Wildman–Crippen LogP) is 3.73. The van der Waals surface area contributed by atoms with Crippen LogP contribution in [-0.4, -0.2) is 19.2 Å². The summed E-state index contributed by atoms with van der Waals surface area (Å²) in [6.45, 7) is 6.29. The fraction of sp³-hybridized carbons (Fsp3) is 0.538. The van der Waals surface area contributed by atoms with Crippen molar-refractivity contribution in [3.8, 4) is 5.75 Å². The van der Waals surface area contributed by atoms with Crippen molar-refractivity contribution in [2.24, 2.45) is 0 Å². The van der Waals surface area contributed by atoms with Crippen LogP contribution in [0.15, 0.2) is 18.2 Å². The molecule has 0 atom stereocenters.